The number of rotatable bonds is 3. The summed E-state index contributed by atoms with van der Waals surface area (Å²) < 4.78 is 5.27. The van der Waals surface area contributed by atoms with E-state index in [1.807, 2.05) is 31.2 Å². The Bertz CT molecular complexity index is 716. The molecule has 0 fully saturated rings. The first kappa shape index (κ1) is 17.3. The molecular weight excluding hydrogens is 312 g/mol. The topological polar surface area (TPSA) is 50.4 Å². The van der Waals surface area contributed by atoms with Crippen molar-refractivity contribution >= 4 is 24.0 Å². The van der Waals surface area contributed by atoms with Crippen molar-refractivity contribution in [2.75, 3.05) is 19.0 Å². The van der Waals surface area contributed by atoms with Gasteiger partial charge in [0.25, 0.3) is 5.91 Å². The maximum atomic E-state index is 12.4. The van der Waals surface area contributed by atoms with E-state index in [1.54, 1.807) is 13.2 Å². The number of ether oxygens (including phenoxy) is 1. The van der Waals surface area contributed by atoms with Crippen molar-refractivity contribution in [3.63, 3.8) is 0 Å². The second-order valence-corrected chi connectivity index (χ2v) is 5.55. The van der Waals surface area contributed by atoms with Crippen LogP contribution in [0.1, 0.15) is 27.0 Å². The standard InChI is InChI=1S/C18H20N2O2.ClH/c1-12-3-4-14(10-17(12)22-2)18(21)20-16-6-5-13-7-8-19-11-15(13)9-16;/h3-6,9-10,19H,7-8,11H2,1-2H3,(H,20,21);1H. The van der Waals surface area contributed by atoms with E-state index >= 15 is 0 Å². The molecule has 122 valence electrons. The van der Waals surface area contributed by atoms with Gasteiger partial charge in [-0.3, -0.25) is 4.79 Å². The third kappa shape index (κ3) is 3.84. The van der Waals surface area contributed by atoms with Crippen molar-refractivity contribution in [3.8, 4) is 5.75 Å². The summed E-state index contributed by atoms with van der Waals surface area (Å²) in [5, 5.41) is 6.30. The Morgan fingerprint density at radius 3 is 2.78 bits per heavy atom. The number of anilines is 1. The van der Waals surface area contributed by atoms with Crippen LogP contribution in [0.2, 0.25) is 0 Å². The minimum Gasteiger partial charge on any atom is -0.496 e. The van der Waals surface area contributed by atoms with Crippen LogP contribution < -0.4 is 15.4 Å². The summed E-state index contributed by atoms with van der Waals surface area (Å²) in [5.41, 5.74) is 5.04. The molecule has 1 aliphatic rings. The summed E-state index contributed by atoms with van der Waals surface area (Å²) in [7, 11) is 1.61. The van der Waals surface area contributed by atoms with E-state index in [-0.39, 0.29) is 18.3 Å². The van der Waals surface area contributed by atoms with Gasteiger partial charge in [-0.05, 0) is 60.8 Å². The lowest BCUT2D eigenvalue weighted by atomic mass is 10.0. The molecule has 0 bridgehead atoms. The van der Waals surface area contributed by atoms with E-state index in [4.69, 9.17) is 4.74 Å². The number of methoxy groups -OCH3 is 1. The third-order valence-corrected chi connectivity index (χ3v) is 4.02. The van der Waals surface area contributed by atoms with Gasteiger partial charge in [-0.25, -0.2) is 0 Å². The molecule has 4 nitrogen and oxygen atoms in total. The number of hydrogen-bond donors (Lipinski definition) is 2. The predicted octanol–water partition coefficient (Wildman–Crippen LogP) is 3.32. The molecule has 0 atom stereocenters. The minimum absolute atomic E-state index is 0. The molecule has 1 aliphatic heterocycles. The van der Waals surface area contributed by atoms with Gasteiger partial charge in [-0.1, -0.05) is 12.1 Å². The van der Waals surface area contributed by atoms with Crippen molar-refractivity contribution in [3.05, 3.63) is 58.7 Å². The number of halogens is 1. The number of nitrogens with one attached hydrogen (secondary N) is 2. The van der Waals surface area contributed by atoms with E-state index in [0.29, 0.717) is 5.56 Å². The Morgan fingerprint density at radius 2 is 2.00 bits per heavy atom. The first-order valence-electron chi connectivity index (χ1n) is 7.46. The zero-order chi connectivity index (χ0) is 15.5. The molecule has 2 N–H and O–H groups in total. The number of aryl methyl sites for hydroxylation is 1. The maximum Gasteiger partial charge on any atom is 0.255 e. The normalized spacial score (nSPS) is 12.8. The Balaban J connectivity index is 0.00000192. The highest BCUT2D eigenvalue weighted by Crippen LogP contribution is 2.22. The van der Waals surface area contributed by atoms with E-state index in [1.165, 1.54) is 11.1 Å². The van der Waals surface area contributed by atoms with Crippen LogP contribution in [0.25, 0.3) is 0 Å². The highest BCUT2D eigenvalue weighted by Gasteiger charge is 2.12. The van der Waals surface area contributed by atoms with Crippen LogP contribution in [-0.2, 0) is 13.0 Å². The van der Waals surface area contributed by atoms with Crippen LogP contribution in [0.4, 0.5) is 5.69 Å². The summed E-state index contributed by atoms with van der Waals surface area (Å²) in [6.45, 7) is 3.83. The van der Waals surface area contributed by atoms with E-state index in [0.717, 1.165) is 36.5 Å². The number of benzene rings is 2. The van der Waals surface area contributed by atoms with Crippen molar-refractivity contribution < 1.29 is 9.53 Å². The second-order valence-electron chi connectivity index (χ2n) is 5.55. The van der Waals surface area contributed by atoms with E-state index in [2.05, 4.69) is 16.7 Å². The highest BCUT2D eigenvalue weighted by atomic mass is 35.5. The lowest BCUT2D eigenvalue weighted by Crippen LogP contribution is -2.23. The fourth-order valence-corrected chi connectivity index (χ4v) is 2.72. The predicted molar refractivity (Wildman–Crippen MR) is 94.8 cm³/mol. The zero-order valence-electron chi connectivity index (χ0n) is 13.3. The molecule has 3 rings (SSSR count). The Kier molecular flexibility index (Phi) is 5.64. The van der Waals surface area contributed by atoms with Crippen LogP contribution in [0.15, 0.2) is 36.4 Å². The largest absolute Gasteiger partial charge is 0.496 e. The molecule has 5 heteroatoms. The molecule has 1 amide bonds. The molecule has 2 aromatic rings. The Hall–Kier alpha value is -2.04. The van der Waals surface area contributed by atoms with Crippen LogP contribution in [0, 0.1) is 6.92 Å². The highest BCUT2D eigenvalue weighted by molar-refractivity contribution is 6.04. The van der Waals surface area contributed by atoms with Gasteiger partial charge < -0.3 is 15.4 Å². The molecule has 0 unspecified atom stereocenters. The van der Waals surface area contributed by atoms with Crippen molar-refractivity contribution in [2.45, 2.75) is 19.9 Å². The lowest BCUT2D eigenvalue weighted by Gasteiger charge is -2.18. The molecule has 23 heavy (non-hydrogen) atoms. The van der Waals surface area contributed by atoms with E-state index < -0.39 is 0 Å². The van der Waals surface area contributed by atoms with Crippen LogP contribution in [0.5, 0.6) is 5.75 Å². The average molecular weight is 333 g/mol. The third-order valence-electron chi connectivity index (χ3n) is 4.02. The monoisotopic (exact) mass is 332 g/mol. The van der Waals surface area contributed by atoms with Crippen LogP contribution in [0.3, 0.4) is 0 Å². The first-order chi connectivity index (χ1) is 10.7. The van der Waals surface area contributed by atoms with Gasteiger partial charge >= 0.3 is 0 Å². The Morgan fingerprint density at radius 1 is 1.17 bits per heavy atom. The smallest absolute Gasteiger partial charge is 0.255 e. The summed E-state index contributed by atoms with van der Waals surface area (Å²) in [6.07, 6.45) is 1.04. The molecule has 0 aliphatic carbocycles. The molecule has 0 saturated heterocycles. The van der Waals surface area contributed by atoms with Gasteiger partial charge in [0.2, 0.25) is 0 Å². The number of carbonyl (C=O) groups excluding carboxylic acids is 1. The molecule has 0 saturated carbocycles. The quantitative estimate of drug-likeness (QED) is 0.906. The Labute approximate surface area is 142 Å². The van der Waals surface area contributed by atoms with Crippen molar-refractivity contribution in [1.29, 1.82) is 0 Å². The van der Waals surface area contributed by atoms with Gasteiger partial charge in [0, 0.05) is 17.8 Å². The molecule has 2 aromatic carbocycles. The van der Waals surface area contributed by atoms with Crippen LogP contribution >= 0.6 is 12.4 Å². The van der Waals surface area contributed by atoms with Gasteiger partial charge in [0.05, 0.1) is 7.11 Å². The molecule has 0 spiro atoms. The SMILES string of the molecule is COc1cc(C(=O)Nc2ccc3c(c2)CNCC3)ccc1C.Cl. The summed E-state index contributed by atoms with van der Waals surface area (Å²) in [6, 6.07) is 11.6. The zero-order valence-corrected chi connectivity index (χ0v) is 14.1. The molecule has 1 heterocycles. The summed E-state index contributed by atoms with van der Waals surface area (Å²) in [5.74, 6) is 0.601. The minimum atomic E-state index is -0.123. The molecule has 0 radical (unpaired) electrons. The fraction of sp³-hybridized carbons (Fsp3) is 0.278. The van der Waals surface area contributed by atoms with Crippen molar-refractivity contribution in [2.24, 2.45) is 0 Å². The summed E-state index contributed by atoms with van der Waals surface area (Å²) in [4.78, 5) is 12.4. The number of carbonyl (C=O) groups is 1. The van der Waals surface area contributed by atoms with Crippen molar-refractivity contribution in [1.82, 2.24) is 5.32 Å². The summed E-state index contributed by atoms with van der Waals surface area (Å²) >= 11 is 0. The average Bonchev–Trinajstić information content (AvgIpc) is 2.55. The van der Waals surface area contributed by atoms with Gasteiger partial charge in [0.15, 0.2) is 0 Å². The van der Waals surface area contributed by atoms with Crippen LogP contribution in [-0.4, -0.2) is 19.6 Å². The lowest BCUT2D eigenvalue weighted by molar-refractivity contribution is 0.102. The van der Waals surface area contributed by atoms with Gasteiger partial charge in [0.1, 0.15) is 5.75 Å². The number of fused-ring (bicyclic) bond motifs is 1. The van der Waals surface area contributed by atoms with Gasteiger partial charge in [-0.2, -0.15) is 0 Å². The van der Waals surface area contributed by atoms with E-state index in [9.17, 15) is 4.79 Å². The maximum absolute atomic E-state index is 12.4. The number of amides is 1. The number of hydrogen-bond acceptors (Lipinski definition) is 3. The first-order valence-corrected chi connectivity index (χ1v) is 7.46. The second kappa shape index (κ2) is 7.49. The fourth-order valence-electron chi connectivity index (χ4n) is 2.72. The molecule has 0 aromatic heterocycles. The van der Waals surface area contributed by atoms with Gasteiger partial charge in [-0.15, -0.1) is 12.4 Å². The molecular formula is C18H21ClN2O2.